The summed E-state index contributed by atoms with van der Waals surface area (Å²) in [5, 5.41) is 2.54. The molecule has 3 rings (SSSR count). The summed E-state index contributed by atoms with van der Waals surface area (Å²) in [6.07, 6.45) is 0.380. The predicted octanol–water partition coefficient (Wildman–Crippen LogP) is 0.839. The number of aromatic nitrogens is 2. The van der Waals surface area contributed by atoms with Crippen molar-refractivity contribution in [2.24, 2.45) is 0 Å². The zero-order valence-electron chi connectivity index (χ0n) is 10.0. The number of nitrogens with zero attached hydrogens (tertiary/aromatic N) is 2. The van der Waals surface area contributed by atoms with Gasteiger partial charge in [-0.3, -0.25) is 9.59 Å². The summed E-state index contributed by atoms with van der Waals surface area (Å²) in [5.74, 6) is -0.545. The number of hydrogen-bond acceptors (Lipinski definition) is 3. The second-order valence-electron chi connectivity index (χ2n) is 4.37. The number of para-hydroxylation sites is 2. The summed E-state index contributed by atoms with van der Waals surface area (Å²) in [7, 11) is 1.54. The Labute approximate surface area is 104 Å². The number of fused-ring (bicyclic) bond motifs is 3. The molecule has 1 aliphatic heterocycles. The lowest BCUT2D eigenvalue weighted by molar-refractivity contribution is -0.131. The summed E-state index contributed by atoms with van der Waals surface area (Å²) in [5.41, 5.74) is 1.81. The van der Waals surface area contributed by atoms with Crippen molar-refractivity contribution < 1.29 is 9.59 Å². The number of imidazole rings is 1. The molecule has 5 heteroatoms. The van der Waals surface area contributed by atoms with Crippen LogP contribution in [0.2, 0.25) is 0 Å². The van der Waals surface area contributed by atoms with Crippen molar-refractivity contribution in [1.82, 2.24) is 14.9 Å². The molecule has 0 saturated heterocycles. The Hall–Kier alpha value is -2.17. The predicted molar refractivity (Wildman–Crippen MR) is 66.2 cm³/mol. The first kappa shape index (κ1) is 11.0. The van der Waals surface area contributed by atoms with Gasteiger partial charge in [-0.15, -0.1) is 0 Å². The lowest BCUT2D eigenvalue weighted by Crippen LogP contribution is -2.36. The molecule has 1 aromatic heterocycles. The molecular weight excluding hydrogens is 230 g/mol. The monoisotopic (exact) mass is 243 g/mol. The van der Waals surface area contributed by atoms with Crippen LogP contribution < -0.4 is 5.32 Å². The number of rotatable bonds is 1. The minimum absolute atomic E-state index is 0.0582. The van der Waals surface area contributed by atoms with Gasteiger partial charge >= 0.3 is 0 Å². The molecule has 5 nitrogen and oxygen atoms in total. The molecule has 0 radical (unpaired) electrons. The Bertz CT molecular complexity index is 645. The first-order chi connectivity index (χ1) is 8.72. The van der Waals surface area contributed by atoms with Crippen LogP contribution in [0.5, 0.6) is 0 Å². The summed E-state index contributed by atoms with van der Waals surface area (Å²) in [6.45, 7) is 0.599. The SMILES string of the molecule is CNC(=O)C1C(=O)CCn2c1nc1ccccc12. The number of hydrogen-bond donors (Lipinski definition) is 1. The molecule has 1 atom stereocenters. The van der Waals surface area contributed by atoms with Crippen LogP contribution >= 0.6 is 0 Å². The van der Waals surface area contributed by atoms with E-state index in [1.807, 2.05) is 28.8 Å². The normalized spacial score (nSPS) is 18.7. The molecule has 1 unspecified atom stereocenters. The van der Waals surface area contributed by atoms with Crippen molar-refractivity contribution in [2.45, 2.75) is 18.9 Å². The van der Waals surface area contributed by atoms with E-state index in [9.17, 15) is 9.59 Å². The third-order valence-electron chi connectivity index (χ3n) is 3.35. The van der Waals surface area contributed by atoms with Gasteiger partial charge in [0.15, 0.2) is 11.7 Å². The molecule has 2 aromatic rings. The van der Waals surface area contributed by atoms with E-state index in [0.717, 1.165) is 11.0 Å². The summed E-state index contributed by atoms with van der Waals surface area (Å²) in [4.78, 5) is 28.2. The third-order valence-corrected chi connectivity index (χ3v) is 3.35. The first-order valence-corrected chi connectivity index (χ1v) is 5.92. The van der Waals surface area contributed by atoms with Crippen LogP contribution in [-0.4, -0.2) is 28.3 Å². The summed E-state index contributed by atoms with van der Waals surface area (Å²) in [6, 6.07) is 7.69. The fourth-order valence-electron chi connectivity index (χ4n) is 2.47. The highest BCUT2D eigenvalue weighted by molar-refractivity contribution is 6.07. The quantitative estimate of drug-likeness (QED) is 0.755. The van der Waals surface area contributed by atoms with E-state index < -0.39 is 5.92 Å². The van der Waals surface area contributed by atoms with Gasteiger partial charge in [-0.2, -0.15) is 0 Å². The van der Waals surface area contributed by atoms with Crippen LogP contribution in [0, 0.1) is 0 Å². The Morgan fingerprint density at radius 1 is 1.44 bits per heavy atom. The molecule has 0 saturated carbocycles. The smallest absolute Gasteiger partial charge is 0.238 e. The van der Waals surface area contributed by atoms with E-state index in [0.29, 0.717) is 18.8 Å². The number of nitrogens with one attached hydrogen (secondary N) is 1. The van der Waals surface area contributed by atoms with Gasteiger partial charge in [-0.05, 0) is 12.1 Å². The maximum atomic E-state index is 11.9. The molecule has 0 bridgehead atoms. The number of carbonyl (C=O) groups is 2. The minimum atomic E-state index is -0.767. The fraction of sp³-hybridized carbons (Fsp3) is 0.308. The number of Topliss-reactive ketones (excluding diaryl/α,β-unsaturated/α-hetero) is 1. The van der Waals surface area contributed by atoms with Gasteiger partial charge in [-0.25, -0.2) is 4.98 Å². The van der Waals surface area contributed by atoms with Crippen LogP contribution in [0.3, 0.4) is 0 Å². The molecule has 0 aliphatic carbocycles. The van der Waals surface area contributed by atoms with Gasteiger partial charge in [0.25, 0.3) is 0 Å². The van der Waals surface area contributed by atoms with Crippen molar-refractivity contribution in [3.8, 4) is 0 Å². The average Bonchev–Trinajstić information content (AvgIpc) is 2.76. The largest absolute Gasteiger partial charge is 0.358 e. The molecule has 2 heterocycles. The maximum Gasteiger partial charge on any atom is 0.238 e. The lowest BCUT2D eigenvalue weighted by Gasteiger charge is -2.21. The fourth-order valence-corrected chi connectivity index (χ4v) is 2.47. The van der Waals surface area contributed by atoms with E-state index in [4.69, 9.17) is 0 Å². The van der Waals surface area contributed by atoms with Gasteiger partial charge in [0.2, 0.25) is 5.91 Å². The number of aryl methyl sites for hydroxylation is 1. The molecule has 92 valence electrons. The van der Waals surface area contributed by atoms with Crippen molar-refractivity contribution >= 4 is 22.7 Å². The first-order valence-electron chi connectivity index (χ1n) is 5.92. The van der Waals surface area contributed by atoms with E-state index in [2.05, 4.69) is 10.3 Å². The average molecular weight is 243 g/mol. The molecule has 18 heavy (non-hydrogen) atoms. The van der Waals surface area contributed by atoms with Crippen LogP contribution in [0.1, 0.15) is 18.2 Å². The molecular formula is C13H13N3O2. The number of carbonyl (C=O) groups excluding carboxylic acids is 2. The van der Waals surface area contributed by atoms with Crippen LogP contribution in [-0.2, 0) is 16.1 Å². The van der Waals surface area contributed by atoms with Crippen molar-refractivity contribution in [3.05, 3.63) is 30.1 Å². The minimum Gasteiger partial charge on any atom is -0.358 e. The molecule has 1 amide bonds. The number of amides is 1. The molecule has 1 N–H and O–H groups in total. The van der Waals surface area contributed by atoms with Crippen molar-refractivity contribution in [2.75, 3.05) is 7.05 Å². The number of benzene rings is 1. The van der Waals surface area contributed by atoms with Gasteiger partial charge in [0.1, 0.15) is 5.82 Å². The summed E-state index contributed by atoms with van der Waals surface area (Å²) < 4.78 is 1.97. The van der Waals surface area contributed by atoms with Gasteiger partial charge in [0.05, 0.1) is 11.0 Å². The zero-order chi connectivity index (χ0) is 12.7. The topological polar surface area (TPSA) is 64.0 Å². The Balaban J connectivity index is 2.22. The highest BCUT2D eigenvalue weighted by atomic mass is 16.2. The molecule has 1 aliphatic rings. The Morgan fingerprint density at radius 2 is 2.22 bits per heavy atom. The molecule has 0 spiro atoms. The third kappa shape index (κ3) is 1.44. The molecule has 1 aromatic carbocycles. The Morgan fingerprint density at radius 3 is 3.00 bits per heavy atom. The number of likely N-dealkylation sites (N-methyl/N-ethyl adjacent to an activating group) is 1. The highest BCUT2D eigenvalue weighted by Crippen LogP contribution is 2.28. The van der Waals surface area contributed by atoms with E-state index in [1.165, 1.54) is 7.05 Å². The van der Waals surface area contributed by atoms with Crippen molar-refractivity contribution in [1.29, 1.82) is 0 Å². The zero-order valence-corrected chi connectivity index (χ0v) is 10.0. The highest BCUT2D eigenvalue weighted by Gasteiger charge is 2.35. The van der Waals surface area contributed by atoms with Crippen molar-refractivity contribution in [3.63, 3.8) is 0 Å². The maximum absolute atomic E-state index is 11.9. The van der Waals surface area contributed by atoms with Gasteiger partial charge < -0.3 is 9.88 Å². The van der Waals surface area contributed by atoms with Crippen LogP contribution in [0.25, 0.3) is 11.0 Å². The standard InChI is InChI=1S/C13H13N3O2/c1-14-13(18)11-10(17)6-7-16-9-5-3-2-4-8(9)15-12(11)16/h2-5,11H,6-7H2,1H3,(H,14,18). The van der Waals surface area contributed by atoms with Crippen LogP contribution in [0.15, 0.2) is 24.3 Å². The van der Waals surface area contributed by atoms with E-state index >= 15 is 0 Å². The Kier molecular flexibility index (Phi) is 2.40. The van der Waals surface area contributed by atoms with Crippen LogP contribution in [0.4, 0.5) is 0 Å². The van der Waals surface area contributed by atoms with E-state index in [1.54, 1.807) is 0 Å². The van der Waals surface area contributed by atoms with Gasteiger partial charge in [-0.1, -0.05) is 12.1 Å². The lowest BCUT2D eigenvalue weighted by atomic mass is 9.96. The summed E-state index contributed by atoms with van der Waals surface area (Å²) >= 11 is 0. The number of ketones is 1. The van der Waals surface area contributed by atoms with Gasteiger partial charge in [0, 0.05) is 20.0 Å². The second kappa shape index (κ2) is 3.94. The molecule has 0 fully saturated rings. The second-order valence-corrected chi connectivity index (χ2v) is 4.37. The van der Waals surface area contributed by atoms with E-state index in [-0.39, 0.29) is 11.7 Å².